The van der Waals surface area contributed by atoms with Gasteiger partial charge in [-0.3, -0.25) is 4.79 Å². The van der Waals surface area contributed by atoms with Gasteiger partial charge in [0.05, 0.1) is 13.4 Å². The fourth-order valence-electron chi connectivity index (χ4n) is 1.54. The molecule has 13 heavy (non-hydrogen) atoms. The molecule has 70 valence electrons. The second-order valence-corrected chi connectivity index (χ2v) is 3.30. The normalized spacial score (nSPS) is 31.4. The highest BCUT2D eigenvalue weighted by Crippen LogP contribution is 2.49. The van der Waals surface area contributed by atoms with E-state index in [1.54, 1.807) is 12.5 Å². The molecule has 0 bridgehead atoms. The van der Waals surface area contributed by atoms with E-state index in [2.05, 4.69) is 14.7 Å². The van der Waals surface area contributed by atoms with Crippen LogP contribution in [-0.4, -0.2) is 28.6 Å². The largest absolute Gasteiger partial charge is 0.468 e. The number of rotatable bonds is 2. The molecular weight excluding hydrogens is 170 g/mol. The number of nitrogens with zero attached hydrogens (tertiary/aromatic N) is 1. The second-order valence-electron chi connectivity index (χ2n) is 3.30. The van der Waals surface area contributed by atoms with E-state index in [9.17, 15) is 4.79 Å². The molecule has 1 heterocycles. The number of nitrogens with one attached hydrogen (secondary N) is 1. The highest BCUT2D eigenvalue weighted by Gasteiger charge is 2.59. The van der Waals surface area contributed by atoms with Crippen molar-refractivity contribution in [1.29, 1.82) is 0 Å². The van der Waals surface area contributed by atoms with Crippen molar-refractivity contribution < 1.29 is 9.53 Å². The number of imidazole rings is 1. The lowest BCUT2D eigenvalue weighted by molar-refractivity contribution is -0.143. The summed E-state index contributed by atoms with van der Waals surface area (Å²) in [6.45, 7) is 0. The predicted octanol–water partition coefficient (Wildman–Crippen LogP) is -0.233. The Hall–Kier alpha value is -1.36. The van der Waals surface area contributed by atoms with Crippen LogP contribution < -0.4 is 5.73 Å². The van der Waals surface area contributed by atoms with Gasteiger partial charge in [-0.15, -0.1) is 0 Å². The second kappa shape index (κ2) is 2.56. The van der Waals surface area contributed by atoms with Gasteiger partial charge >= 0.3 is 5.97 Å². The highest BCUT2D eigenvalue weighted by molar-refractivity contribution is 5.86. The maximum atomic E-state index is 11.2. The third-order valence-corrected chi connectivity index (χ3v) is 2.46. The van der Waals surface area contributed by atoms with Gasteiger partial charge in [0, 0.05) is 17.8 Å². The Balaban J connectivity index is 2.14. The van der Waals surface area contributed by atoms with Crippen LogP contribution >= 0.6 is 0 Å². The van der Waals surface area contributed by atoms with Gasteiger partial charge in [0.15, 0.2) is 0 Å². The maximum Gasteiger partial charge on any atom is 0.326 e. The van der Waals surface area contributed by atoms with Crippen LogP contribution in [0, 0.1) is 0 Å². The van der Waals surface area contributed by atoms with Crippen molar-refractivity contribution in [3.63, 3.8) is 0 Å². The Bertz CT molecular complexity index is 322. The van der Waals surface area contributed by atoms with E-state index in [0.717, 1.165) is 5.69 Å². The Labute approximate surface area is 75.3 Å². The lowest BCUT2D eigenvalue weighted by Gasteiger charge is -2.06. The Morgan fingerprint density at radius 2 is 2.69 bits per heavy atom. The third-order valence-electron chi connectivity index (χ3n) is 2.46. The molecule has 1 fully saturated rings. The molecular formula is C8H11N3O2. The number of carbonyl (C=O) groups is 1. The number of carbonyl (C=O) groups excluding carboxylic acids is 1. The van der Waals surface area contributed by atoms with Crippen LogP contribution in [0.15, 0.2) is 12.5 Å². The maximum absolute atomic E-state index is 11.2. The van der Waals surface area contributed by atoms with Gasteiger partial charge < -0.3 is 15.5 Å². The van der Waals surface area contributed by atoms with Gasteiger partial charge in [0.25, 0.3) is 0 Å². The molecule has 1 saturated carbocycles. The first-order valence-corrected chi connectivity index (χ1v) is 4.04. The van der Waals surface area contributed by atoms with Gasteiger partial charge in [-0.1, -0.05) is 0 Å². The minimum absolute atomic E-state index is 0.0300. The van der Waals surface area contributed by atoms with Crippen molar-refractivity contribution in [2.45, 2.75) is 17.9 Å². The summed E-state index contributed by atoms with van der Waals surface area (Å²) in [5.41, 5.74) is 5.88. The average Bonchev–Trinajstić information content (AvgIpc) is 2.65. The molecule has 0 aromatic carbocycles. The van der Waals surface area contributed by atoms with Crippen molar-refractivity contribution in [2.24, 2.45) is 5.73 Å². The number of H-pyrrole nitrogens is 1. The number of hydrogen-bond acceptors (Lipinski definition) is 4. The summed E-state index contributed by atoms with van der Waals surface area (Å²) in [4.78, 5) is 18.0. The third kappa shape index (κ3) is 1.12. The SMILES string of the molecule is COC(=O)[C@@]1(N)C[C@H]1c1cnc[nH]1. The van der Waals surface area contributed by atoms with Crippen LogP contribution in [0.1, 0.15) is 18.0 Å². The van der Waals surface area contributed by atoms with Gasteiger partial charge in [-0.05, 0) is 6.42 Å². The van der Waals surface area contributed by atoms with Crippen molar-refractivity contribution in [2.75, 3.05) is 7.11 Å². The molecule has 0 aliphatic heterocycles. The smallest absolute Gasteiger partial charge is 0.326 e. The first-order chi connectivity index (χ1) is 6.18. The van der Waals surface area contributed by atoms with E-state index in [0.29, 0.717) is 6.42 Å². The number of aromatic nitrogens is 2. The fraction of sp³-hybridized carbons (Fsp3) is 0.500. The molecule has 1 aliphatic carbocycles. The number of nitrogens with two attached hydrogens (primary N) is 1. The van der Waals surface area contributed by atoms with Crippen LogP contribution in [0.4, 0.5) is 0 Å². The van der Waals surface area contributed by atoms with Gasteiger partial charge in [0.2, 0.25) is 0 Å². The highest BCUT2D eigenvalue weighted by atomic mass is 16.5. The van der Waals surface area contributed by atoms with E-state index >= 15 is 0 Å². The number of hydrogen-bond donors (Lipinski definition) is 2. The van der Waals surface area contributed by atoms with Crippen LogP contribution in [0.25, 0.3) is 0 Å². The summed E-state index contributed by atoms with van der Waals surface area (Å²) in [5, 5.41) is 0. The zero-order chi connectivity index (χ0) is 9.47. The summed E-state index contributed by atoms with van der Waals surface area (Å²) < 4.78 is 4.61. The Morgan fingerprint density at radius 3 is 3.23 bits per heavy atom. The quantitative estimate of drug-likeness (QED) is 0.617. The van der Waals surface area contributed by atoms with Gasteiger partial charge in [0.1, 0.15) is 5.54 Å². The number of esters is 1. The van der Waals surface area contributed by atoms with Crippen LogP contribution in [0.2, 0.25) is 0 Å². The average molecular weight is 181 g/mol. The van der Waals surface area contributed by atoms with Gasteiger partial charge in [-0.2, -0.15) is 0 Å². The summed E-state index contributed by atoms with van der Waals surface area (Å²) >= 11 is 0. The van der Waals surface area contributed by atoms with Crippen LogP contribution in [-0.2, 0) is 9.53 Å². The fourth-order valence-corrected chi connectivity index (χ4v) is 1.54. The van der Waals surface area contributed by atoms with Crippen LogP contribution in [0.3, 0.4) is 0 Å². The lowest BCUT2D eigenvalue weighted by Crippen LogP contribution is -2.35. The molecule has 0 saturated heterocycles. The Kier molecular flexibility index (Phi) is 1.63. The Morgan fingerprint density at radius 1 is 1.92 bits per heavy atom. The van der Waals surface area contributed by atoms with E-state index in [-0.39, 0.29) is 11.9 Å². The molecule has 2 atom stereocenters. The van der Waals surface area contributed by atoms with E-state index in [1.807, 2.05) is 0 Å². The molecule has 1 aliphatic rings. The van der Waals surface area contributed by atoms with Crippen molar-refractivity contribution >= 4 is 5.97 Å². The molecule has 0 radical (unpaired) electrons. The van der Waals surface area contributed by atoms with Crippen molar-refractivity contribution in [3.05, 3.63) is 18.2 Å². The molecule has 0 unspecified atom stereocenters. The predicted molar refractivity (Wildman–Crippen MR) is 44.9 cm³/mol. The zero-order valence-electron chi connectivity index (χ0n) is 7.28. The molecule has 2 rings (SSSR count). The molecule has 1 aromatic heterocycles. The molecule has 5 nitrogen and oxygen atoms in total. The monoisotopic (exact) mass is 181 g/mol. The van der Waals surface area contributed by atoms with Gasteiger partial charge in [-0.25, -0.2) is 4.98 Å². The zero-order valence-corrected chi connectivity index (χ0v) is 7.28. The molecule has 0 amide bonds. The topological polar surface area (TPSA) is 81.0 Å². The number of ether oxygens (including phenoxy) is 1. The first-order valence-electron chi connectivity index (χ1n) is 4.04. The van der Waals surface area contributed by atoms with E-state index in [1.165, 1.54) is 7.11 Å². The molecule has 5 heteroatoms. The number of aromatic amines is 1. The minimum Gasteiger partial charge on any atom is -0.468 e. The molecule has 0 spiro atoms. The summed E-state index contributed by atoms with van der Waals surface area (Å²) in [6, 6.07) is 0. The van der Waals surface area contributed by atoms with E-state index < -0.39 is 5.54 Å². The number of methoxy groups -OCH3 is 1. The van der Waals surface area contributed by atoms with Crippen molar-refractivity contribution in [3.8, 4) is 0 Å². The first kappa shape index (κ1) is 8.25. The summed E-state index contributed by atoms with van der Waals surface area (Å²) in [6.07, 6.45) is 3.88. The summed E-state index contributed by atoms with van der Waals surface area (Å²) in [7, 11) is 1.35. The van der Waals surface area contributed by atoms with Crippen LogP contribution in [0.5, 0.6) is 0 Å². The standard InChI is InChI=1S/C8H11N3O2/c1-13-7(12)8(9)2-5(8)6-3-10-4-11-6/h3-5H,2,9H2,1H3,(H,10,11)/t5-,8+/m0/s1. The van der Waals surface area contributed by atoms with E-state index in [4.69, 9.17) is 5.73 Å². The lowest BCUT2D eigenvalue weighted by atomic mass is 10.2. The minimum atomic E-state index is -0.832. The molecule has 3 N–H and O–H groups in total. The molecule has 1 aromatic rings. The summed E-state index contributed by atoms with van der Waals surface area (Å²) in [5.74, 6) is -0.324. The van der Waals surface area contributed by atoms with Crippen molar-refractivity contribution in [1.82, 2.24) is 9.97 Å².